The highest BCUT2D eigenvalue weighted by atomic mass is 19.4. The number of carbonyl (C=O) groups is 3. The van der Waals surface area contributed by atoms with Gasteiger partial charge in [0.15, 0.2) is 5.82 Å². The molecule has 0 aliphatic carbocycles. The molecule has 2 heterocycles. The van der Waals surface area contributed by atoms with Crippen LogP contribution in [0.1, 0.15) is 53.7 Å². The Labute approximate surface area is 261 Å². The first-order chi connectivity index (χ1) is 21.8. The monoisotopic (exact) mass is 632 g/mol. The third-order valence-corrected chi connectivity index (χ3v) is 7.69. The highest BCUT2D eigenvalue weighted by molar-refractivity contribution is 6.07. The molecule has 4 aromatic rings. The number of benzene rings is 3. The minimum absolute atomic E-state index is 0.0224. The first kappa shape index (κ1) is 31.9. The molecule has 0 radical (unpaired) electrons. The lowest BCUT2D eigenvalue weighted by atomic mass is 9.81. The SMILES string of the molecule is CCN1C(=O)[C@@H](NC(=O)c2cccc(C(F)(F)F)c2)[C@@H](c2ccc(F)cc2)c2c(NC(=O)C(C)(C)C#N)nn(-c3ccccc3)c21. The van der Waals surface area contributed by atoms with Gasteiger partial charge in [0.2, 0.25) is 5.91 Å². The Balaban J connectivity index is 1.73. The zero-order chi connectivity index (χ0) is 33.4. The second kappa shape index (κ2) is 12.1. The van der Waals surface area contributed by atoms with Gasteiger partial charge in [-0.05, 0) is 68.8 Å². The van der Waals surface area contributed by atoms with E-state index in [1.807, 2.05) is 6.07 Å². The molecule has 0 fully saturated rings. The summed E-state index contributed by atoms with van der Waals surface area (Å²) >= 11 is 0. The van der Waals surface area contributed by atoms with Gasteiger partial charge in [0.25, 0.3) is 11.8 Å². The van der Waals surface area contributed by atoms with Crippen molar-refractivity contribution in [3.05, 3.63) is 107 Å². The number of nitrogens with one attached hydrogen (secondary N) is 2. The molecule has 5 rings (SSSR count). The first-order valence-electron chi connectivity index (χ1n) is 14.2. The number of halogens is 4. The molecule has 2 atom stereocenters. The molecule has 0 spiro atoms. The number of hydrogen-bond acceptors (Lipinski definition) is 5. The molecule has 46 heavy (non-hydrogen) atoms. The third kappa shape index (κ3) is 5.93. The Bertz CT molecular complexity index is 1850. The molecule has 0 bridgehead atoms. The largest absolute Gasteiger partial charge is 0.416 e. The summed E-state index contributed by atoms with van der Waals surface area (Å²) in [4.78, 5) is 42.4. The van der Waals surface area contributed by atoms with Crippen LogP contribution in [-0.2, 0) is 15.8 Å². The average molecular weight is 633 g/mol. The fourth-order valence-electron chi connectivity index (χ4n) is 5.25. The Morgan fingerprint density at radius 3 is 2.28 bits per heavy atom. The van der Waals surface area contributed by atoms with Crippen LogP contribution in [0.3, 0.4) is 0 Å². The van der Waals surface area contributed by atoms with Crippen molar-refractivity contribution < 1.29 is 31.9 Å². The zero-order valence-electron chi connectivity index (χ0n) is 24.9. The van der Waals surface area contributed by atoms with E-state index in [9.17, 15) is 37.2 Å². The van der Waals surface area contributed by atoms with Gasteiger partial charge in [-0.15, -0.1) is 5.10 Å². The number of hydrogen-bond donors (Lipinski definition) is 2. The van der Waals surface area contributed by atoms with E-state index in [0.717, 1.165) is 24.3 Å². The lowest BCUT2D eigenvalue weighted by molar-refractivity contribution is -0.137. The summed E-state index contributed by atoms with van der Waals surface area (Å²) in [6.45, 7) is 4.60. The summed E-state index contributed by atoms with van der Waals surface area (Å²) in [5.41, 5.74) is -1.72. The van der Waals surface area contributed by atoms with Gasteiger partial charge in [-0.1, -0.05) is 36.4 Å². The van der Waals surface area contributed by atoms with Gasteiger partial charge in [-0.3, -0.25) is 19.3 Å². The highest BCUT2D eigenvalue weighted by Crippen LogP contribution is 2.46. The van der Waals surface area contributed by atoms with Crippen molar-refractivity contribution in [1.29, 1.82) is 5.26 Å². The fourth-order valence-corrected chi connectivity index (χ4v) is 5.25. The normalized spacial score (nSPS) is 16.4. The number of aromatic nitrogens is 2. The Hall–Kier alpha value is -5.51. The van der Waals surface area contributed by atoms with Crippen molar-refractivity contribution in [2.75, 3.05) is 16.8 Å². The van der Waals surface area contributed by atoms with Crippen LogP contribution in [0.4, 0.5) is 29.2 Å². The first-order valence-corrected chi connectivity index (χ1v) is 14.2. The minimum Gasteiger partial charge on any atom is -0.339 e. The molecule has 0 saturated carbocycles. The molecule has 13 heteroatoms. The van der Waals surface area contributed by atoms with Gasteiger partial charge in [0, 0.05) is 23.6 Å². The molecule has 1 aliphatic rings. The number of amides is 3. The van der Waals surface area contributed by atoms with E-state index in [2.05, 4.69) is 15.7 Å². The van der Waals surface area contributed by atoms with Gasteiger partial charge in [-0.2, -0.15) is 18.4 Å². The molecule has 3 amide bonds. The van der Waals surface area contributed by atoms with Crippen molar-refractivity contribution in [1.82, 2.24) is 15.1 Å². The van der Waals surface area contributed by atoms with Crippen molar-refractivity contribution >= 4 is 29.4 Å². The van der Waals surface area contributed by atoms with E-state index < -0.39 is 52.7 Å². The van der Waals surface area contributed by atoms with E-state index in [0.29, 0.717) is 17.3 Å². The third-order valence-electron chi connectivity index (χ3n) is 7.69. The van der Waals surface area contributed by atoms with E-state index in [1.165, 1.54) is 41.6 Å². The van der Waals surface area contributed by atoms with Crippen molar-refractivity contribution in [3.8, 4) is 11.8 Å². The Morgan fingerprint density at radius 1 is 1.00 bits per heavy atom. The Morgan fingerprint density at radius 2 is 1.67 bits per heavy atom. The van der Waals surface area contributed by atoms with Crippen LogP contribution in [0.15, 0.2) is 78.9 Å². The highest BCUT2D eigenvalue weighted by Gasteiger charge is 2.47. The van der Waals surface area contributed by atoms with Gasteiger partial charge < -0.3 is 10.6 Å². The molecular formula is C33H28F4N6O3. The minimum atomic E-state index is -4.71. The summed E-state index contributed by atoms with van der Waals surface area (Å²) in [6.07, 6.45) is -4.71. The number of alkyl halides is 3. The van der Waals surface area contributed by atoms with Crippen LogP contribution in [0.25, 0.3) is 5.69 Å². The molecule has 9 nitrogen and oxygen atoms in total. The van der Waals surface area contributed by atoms with E-state index in [4.69, 9.17) is 0 Å². The van der Waals surface area contributed by atoms with Crippen LogP contribution in [0.5, 0.6) is 0 Å². The number of nitrogens with zero attached hydrogens (tertiary/aromatic N) is 4. The summed E-state index contributed by atoms with van der Waals surface area (Å²) in [7, 11) is 0. The Kier molecular flexibility index (Phi) is 8.40. The van der Waals surface area contributed by atoms with Crippen molar-refractivity contribution in [3.63, 3.8) is 0 Å². The molecule has 2 N–H and O–H groups in total. The molecular weight excluding hydrogens is 604 g/mol. The second-order valence-electron chi connectivity index (χ2n) is 11.2. The maximum atomic E-state index is 14.3. The van der Waals surface area contributed by atoms with E-state index >= 15 is 0 Å². The van der Waals surface area contributed by atoms with Gasteiger partial charge in [-0.25, -0.2) is 9.07 Å². The smallest absolute Gasteiger partial charge is 0.339 e. The number of anilines is 2. The van der Waals surface area contributed by atoms with Crippen molar-refractivity contribution in [2.45, 2.75) is 38.9 Å². The second-order valence-corrected chi connectivity index (χ2v) is 11.2. The number of fused-ring (bicyclic) bond motifs is 1. The molecule has 0 saturated heterocycles. The predicted molar refractivity (Wildman–Crippen MR) is 161 cm³/mol. The zero-order valence-corrected chi connectivity index (χ0v) is 24.9. The topological polar surface area (TPSA) is 120 Å². The molecule has 1 aromatic heterocycles. The number of rotatable bonds is 7. The number of likely N-dealkylation sites (N-methyl/N-ethyl adjacent to an activating group) is 1. The van der Waals surface area contributed by atoms with Crippen LogP contribution < -0.4 is 15.5 Å². The van der Waals surface area contributed by atoms with E-state index in [1.54, 1.807) is 37.3 Å². The lowest BCUT2D eigenvalue weighted by Crippen LogP contribution is -2.55. The van der Waals surface area contributed by atoms with Crippen LogP contribution >= 0.6 is 0 Å². The van der Waals surface area contributed by atoms with Crippen LogP contribution in [0.2, 0.25) is 0 Å². The van der Waals surface area contributed by atoms with Gasteiger partial charge >= 0.3 is 6.18 Å². The number of carbonyl (C=O) groups excluding carboxylic acids is 3. The molecule has 0 unspecified atom stereocenters. The van der Waals surface area contributed by atoms with Crippen molar-refractivity contribution in [2.24, 2.45) is 5.41 Å². The lowest BCUT2D eigenvalue weighted by Gasteiger charge is -2.38. The van der Waals surface area contributed by atoms with Gasteiger partial charge in [0.1, 0.15) is 23.1 Å². The van der Waals surface area contributed by atoms with Crippen LogP contribution in [-0.4, -0.2) is 40.1 Å². The predicted octanol–water partition coefficient (Wildman–Crippen LogP) is 5.82. The maximum absolute atomic E-state index is 14.3. The van der Waals surface area contributed by atoms with Crippen LogP contribution in [0, 0.1) is 22.6 Å². The standard InChI is InChI=1S/C33H28F4N6O3/c1-4-42-29-25(27(40-31(46)32(2,3)18-38)41-43(29)23-11-6-5-7-12-23)24(19-13-15-22(34)16-14-19)26(30(42)45)39-28(44)20-9-8-10-21(17-20)33(35,36)37/h5-17,24,26H,4H2,1-3H3,(H,39,44)(H,40,41,46)/t24-,26-/m0/s1. The summed E-state index contributed by atoms with van der Waals surface area (Å²) in [5.74, 6) is -3.71. The number of para-hydroxylation sites is 1. The van der Waals surface area contributed by atoms with Gasteiger partial charge in [0.05, 0.1) is 17.3 Å². The quantitative estimate of drug-likeness (QED) is 0.249. The maximum Gasteiger partial charge on any atom is 0.416 e. The summed E-state index contributed by atoms with van der Waals surface area (Å²) < 4.78 is 55.9. The van der Waals surface area contributed by atoms with E-state index in [-0.39, 0.29) is 29.3 Å². The molecule has 1 aliphatic heterocycles. The number of nitriles is 1. The summed E-state index contributed by atoms with van der Waals surface area (Å²) in [5, 5.41) is 19.6. The molecule has 236 valence electrons. The summed E-state index contributed by atoms with van der Waals surface area (Å²) in [6, 6.07) is 18.2. The average Bonchev–Trinajstić information content (AvgIpc) is 3.40. The fraction of sp³-hybridized carbons (Fsp3) is 0.242. The molecule has 3 aromatic carbocycles.